The topological polar surface area (TPSA) is 12.0 Å². The van der Waals surface area contributed by atoms with Crippen molar-refractivity contribution in [2.75, 3.05) is 6.54 Å². The van der Waals surface area contributed by atoms with Gasteiger partial charge >= 0.3 is 0 Å². The minimum atomic E-state index is 0.277. The fraction of sp³-hybridized carbons (Fsp3) is 0.846. The summed E-state index contributed by atoms with van der Waals surface area (Å²) in [6.45, 7) is 13.9. The molecule has 0 rings (SSSR count). The lowest BCUT2D eigenvalue weighted by Gasteiger charge is -2.27. The predicted molar refractivity (Wildman–Crippen MR) is 65.6 cm³/mol. The van der Waals surface area contributed by atoms with Crippen LogP contribution in [0.25, 0.3) is 0 Å². The molecule has 1 unspecified atom stereocenters. The zero-order valence-electron chi connectivity index (χ0n) is 10.4. The monoisotopic (exact) mass is 197 g/mol. The summed E-state index contributed by atoms with van der Waals surface area (Å²) in [6, 6.07) is 0.570. The molecule has 0 aliphatic carbocycles. The summed E-state index contributed by atoms with van der Waals surface area (Å²) in [5.41, 5.74) is 0.277. The second kappa shape index (κ2) is 7.05. The maximum absolute atomic E-state index is 3.95. The average Bonchev–Trinajstić information content (AvgIpc) is 2.15. The molecule has 14 heavy (non-hydrogen) atoms. The molecule has 1 nitrogen and oxygen atoms in total. The number of hydrogen-bond donors (Lipinski definition) is 1. The van der Waals surface area contributed by atoms with E-state index in [4.69, 9.17) is 0 Å². The van der Waals surface area contributed by atoms with Crippen LogP contribution in [0.2, 0.25) is 0 Å². The van der Waals surface area contributed by atoms with Crippen LogP contribution in [-0.2, 0) is 0 Å². The molecule has 0 radical (unpaired) electrons. The van der Waals surface area contributed by atoms with Gasteiger partial charge in [-0.1, -0.05) is 53.0 Å². The van der Waals surface area contributed by atoms with Crippen LogP contribution in [0.4, 0.5) is 0 Å². The molecule has 1 N–H and O–H groups in total. The molecule has 0 amide bonds. The summed E-state index contributed by atoms with van der Waals surface area (Å²) in [5, 5.41) is 3.49. The third-order valence-electron chi connectivity index (χ3n) is 2.76. The van der Waals surface area contributed by atoms with Crippen LogP contribution in [0.1, 0.15) is 53.4 Å². The Hall–Kier alpha value is -0.300. The molecule has 0 aromatic carbocycles. The van der Waals surface area contributed by atoms with Crippen LogP contribution in [0.3, 0.4) is 0 Å². The molecule has 1 atom stereocenters. The summed E-state index contributed by atoms with van der Waals surface area (Å²) in [6.07, 6.45) is 7.32. The second-order valence-electron chi connectivity index (χ2n) is 4.85. The van der Waals surface area contributed by atoms with Gasteiger partial charge in [0.05, 0.1) is 0 Å². The van der Waals surface area contributed by atoms with Gasteiger partial charge in [0.25, 0.3) is 0 Å². The molecule has 0 heterocycles. The first-order valence-corrected chi connectivity index (χ1v) is 5.91. The van der Waals surface area contributed by atoms with E-state index in [2.05, 4.69) is 45.7 Å². The minimum absolute atomic E-state index is 0.277. The Kier molecular flexibility index (Phi) is 6.90. The van der Waals surface area contributed by atoms with E-state index in [1.807, 2.05) is 0 Å². The van der Waals surface area contributed by atoms with Gasteiger partial charge in [0.1, 0.15) is 0 Å². The maximum atomic E-state index is 3.95. The lowest BCUT2D eigenvalue weighted by molar-refractivity contribution is 0.337. The number of rotatable bonds is 8. The highest BCUT2D eigenvalue weighted by Crippen LogP contribution is 2.24. The van der Waals surface area contributed by atoms with Gasteiger partial charge in [0, 0.05) is 12.6 Å². The van der Waals surface area contributed by atoms with E-state index in [0.29, 0.717) is 6.04 Å². The highest BCUT2D eigenvalue weighted by atomic mass is 14.9. The number of unbranched alkanes of at least 4 members (excludes halogenated alkanes) is 2. The zero-order chi connectivity index (χ0) is 11.0. The first kappa shape index (κ1) is 13.7. The quantitative estimate of drug-likeness (QED) is 0.461. The second-order valence-corrected chi connectivity index (χ2v) is 4.85. The molecule has 0 aromatic heterocycles. The van der Waals surface area contributed by atoms with Crippen molar-refractivity contribution in [2.45, 2.75) is 59.4 Å². The SMILES string of the molecule is C=CC(C)(CCCCC)CNC(C)C. The smallest absolute Gasteiger partial charge is 0.00421 e. The first-order valence-electron chi connectivity index (χ1n) is 5.91. The van der Waals surface area contributed by atoms with Crippen LogP contribution in [-0.4, -0.2) is 12.6 Å². The van der Waals surface area contributed by atoms with E-state index < -0.39 is 0 Å². The number of nitrogens with one attached hydrogen (secondary N) is 1. The number of hydrogen-bond acceptors (Lipinski definition) is 1. The van der Waals surface area contributed by atoms with Crippen LogP contribution >= 0.6 is 0 Å². The maximum Gasteiger partial charge on any atom is 0.00421 e. The van der Waals surface area contributed by atoms with Crippen molar-refractivity contribution in [1.82, 2.24) is 5.32 Å². The third-order valence-corrected chi connectivity index (χ3v) is 2.76. The van der Waals surface area contributed by atoms with Gasteiger partial charge in [0.2, 0.25) is 0 Å². The van der Waals surface area contributed by atoms with E-state index in [1.165, 1.54) is 25.7 Å². The fourth-order valence-electron chi connectivity index (χ4n) is 1.48. The fourth-order valence-corrected chi connectivity index (χ4v) is 1.48. The van der Waals surface area contributed by atoms with E-state index >= 15 is 0 Å². The Bertz CT molecular complexity index is 151. The normalized spacial score (nSPS) is 15.5. The lowest BCUT2D eigenvalue weighted by atomic mass is 9.84. The predicted octanol–water partition coefficient (Wildman–Crippen LogP) is 3.76. The van der Waals surface area contributed by atoms with Crippen molar-refractivity contribution in [1.29, 1.82) is 0 Å². The van der Waals surface area contributed by atoms with Crippen molar-refractivity contribution in [3.05, 3.63) is 12.7 Å². The van der Waals surface area contributed by atoms with Crippen molar-refractivity contribution in [3.63, 3.8) is 0 Å². The van der Waals surface area contributed by atoms with Gasteiger partial charge in [-0.05, 0) is 11.8 Å². The average molecular weight is 197 g/mol. The van der Waals surface area contributed by atoms with E-state index in [1.54, 1.807) is 0 Å². The van der Waals surface area contributed by atoms with Crippen molar-refractivity contribution < 1.29 is 0 Å². The van der Waals surface area contributed by atoms with E-state index in [0.717, 1.165) is 6.54 Å². The molecule has 0 aliphatic heterocycles. The van der Waals surface area contributed by atoms with Crippen molar-refractivity contribution >= 4 is 0 Å². The molecule has 0 aromatic rings. The summed E-state index contributed by atoms with van der Waals surface area (Å²) in [5.74, 6) is 0. The molecule has 0 saturated heterocycles. The molecular weight excluding hydrogens is 170 g/mol. The van der Waals surface area contributed by atoms with Crippen LogP contribution in [0.5, 0.6) is 0 Å². The molecule has 84 valence electrons. The van der Waals surface area contributed by atoms with Crippen molar-refractivity contribution in [2.24, 2.45) is 5.41 Å². The van der Waals surface area contributed by atoms with Gasteiger partial charge in [-0.15, -0.1) is 6.58 Å². The highest BCUT2D eigenvalue weighted by Gasteiger charge is 2.19. The molecule has 0 aliphatic rings. The Balaban J connectivity index is 3.85. The first-order chi connectivity index (χ1) is 6.54. The third kappa shape index (κ3) is 6.20. The summed E-state index contributed by atoms with van der Waals surface area (Å²) in [7, 11) is 0. The Labute approximate surface area is 90.0 Å². The van der Waals surface area contributed by atoms with Crippen molar-refractivity contribution in [3.8, 4) is 0 Å². The van der Waals surface area contributed by atoms with Gasteiger partial charge in [-0.25, -0.2) is 0 Å². The largest absolute Gasteiger partial charge is 0.314 e. The van der Waals surface area contributed by atoms with Gasteiger partial charge < -0.3 is 5.32 Å². The standard InChI is InChI=1S/C13H27N/c1-6-8-9-10-13(5,7-2)11-14-12(3)4/h7,12,14H,2,6,8-11H2,1,3-5H3. The van der Waals surface area contributed by atoms with Gasteiger partial charge in [-0.2, -0.15) is 0 Å². The van der Waals surface area contributed by atoms with Crippen LogP contribution in [0.15, 0.2) is 12.7 Å². The Morgan fingerprint density at radius 1 is 1.36 bits per heavy atom. The Morgan fingerprint density at radius 2 is 2.00 bits per heavy atom. The minimum Gasteiger partial charge on any atom is -0.314 e. The summed E-state index contributed by atoms with van der Waals surface area (Å²) >= 11 is 0. The van der Waals surface area contributed by atoms with Crippen LogP contribution in [0, 0.1) is 5.41 Å². The lowest BCUT2D eigenvalue weighted by Crippen LogP contribution is -2.34. The molecule has 0 bridgehead atoms. The summed E-state index contributed by atoms with van der Waals surface area (Å²) < 4.78 is 0. The Morgan fingerprint density at radius 3 is 2.43 bits per heavy atom. The van der Waals surface area contributed by atoms with Crippen LogP contribution < -0.4 is 5.32 Å². The molecule has 0 spiro atoms. The van der Waals surface area contributed by atoms with E-state index in [9.17, 15) is 0 Å². The van der Waals surface area contributed by atoms with Gasteiger partial charge in [0.15, 0.2) is 0 Å². The van der Waals surface area contributed by atoms with E-state index in [-0.39, 0.29) is 5.41 Å². The molecule has 0 fully saturated rings. The molecular formula is C13H27N. The highest BCUT2D eigenvalue weighted by molar-refractivity contribution is 4.93. The zero-order valence-corrected chi connectivity index (χ0v) is 10.4. The molecule has 0 saturated carbocycles. The molecule has 1 heteroatoms. The van der Waals surface area contributed by atoms with Gasteiger partial charge in [-0.3, -0.25) is 0 Å². The summed E-state index contributed by atoms with van der Waals surface area (Å²) in [4.78, 5) is 0.